The number of nitro groups is 1. The van der Waals surface area contributed by atoms with Gasteiger partial charge in [-0.05, 0) is 33.5 Å². The van der Waals surface area contributed by atoms with Gasteiger partial charge in [0.1, 0.15) is 0 Å². The summed E-state index contributed by atoms with van der Waals surface area (Å²) in [5, 5.41) is 13.9. The van der Waals surface area contributed by atoms with Crippen LogP contribution in [-0.4, -0.2) is 11.5 Å². The van der Waals surface area contributed by atoms with E-state index in [-0.39, 0.29) is 11.1 Å². The van der Waals surface area contributed by atoms with Gasteiger partial charge in [0.25, 0.3) is 5.69 Å². The van der Waals surface area contributed by atoms with Crippen LogP contribution < -0.4 is 5.32 Å². The van der Waals surface area contributed by atoms with E-state index in [1.807, 2.05) is 6.07 Å². The highest BCUT2D eigenvalue weighted by molar-refractivity contribution is 9.10. The fourth-order valence-electron chi connectivity index (χ4n) is 1.13. The van der Waals surface area contributed by atoms with Gasteiger partial charge in [-0.2, -0.15) is 0 Å². The van der Waals surface area contributed by atoms with Crippen LogP contribution in [0.2, 0.25) is 0 Å². The summed E-state index contributed by atoms with van der Waals surface area (Å²) in [5.74, 6) is 0. The third kappa shape index (κ3) is 3.81. The molecular weight excluding hydrogens is 272 g/mol. The number of hydrogen-bond acceptors (Lipinski definition) is 3. The number of anilines is 1. The molecule has 16 heavy (non-hydrogen) atoms. The quantitative estimate of drug-likeness (QED) is 0.679. The van der Waals surface area contributed by atoms with Crippen LogP contribution in [0.15, 0.2) is 22.7 Å². The molecule has 1 aromatic carbocycles. The van der Waals surface area contributed by atoms with Crippen molar-refractivity contribution in [1.82, 2.24) is 0 Å². The second kappa shape index (κ2) is 4.82. The summed E-state index contributed by atoms with van der Waals surface area (Å²) in [4.78, 5) is 10.3. The van der Waals surface area contributed by atoms with E-state index in [2.05, 4.69) is 42.0 Å². The molecule has 1 aromatic rings. The van der Waals surface area contributed by atoms with E-state index in [1.165, 1.54) is 6.07 Å². The average Bonchev–Trinajstić information content (AvgIpc) is 2.14. The van der Waals surface area contributed by atoms with Crippen LogP contribution in [0.1, 0.15) is 20.8 Å². The predicted molar refractivity (Wildman–Crippen MR) is 68.7 cm³/mol. The van der Waals surface area contributed by atoms with Crippen LogP contribution in [0.25, 0.3) is 0 Å². The van der Waals surface area contributed by atoms with Gasteiger partial charge < -0.3 is 5.32 Å². The molecular formula is C11H15BrN2O2. The summed E-state index contributed by atoms with van der Waals surface area (Å²) in [7, 11) is 0. The summed E-state index contributed by atoms with van der Waals surface area (Å²) in [6, 6.07) is 5.04. The zero-order valence-corrected chi connectivity index (χ0v) is 11.2. The first-order valence-electron chi connectivity index (χ1n) is 4.97. The number of benzene rings is 1. The SMILES string of the molecule is CC(C)(C)CNc1ccc(Br)c([N+](=O)[O-])c1. The van der Waals surface area contributed by atoms with E-state index in [0.29, 0.717) is 4.47 Å². The molecule has 0 saturated heterocycles. The van der Waals surface area contributed by atoms with Crippen molar-refractivity contribution in [2.24, 2.45) is 5.41 Å². The summed E-state index contributed by atoms with van der Waals surface area (Å²) in [6.07, 6.45) is 0. The number of nitro benzene ring substituents is 1. The van der Waals surface area contributed by atoms with Gasteiger partial charge in [-0.1, -0.05) is 20.8 Å². The first-order chi connectivity index (χ1) is 7.29. The van der Waals surface area contributed by atoms with Crippen LogP contribution >= 0.6 is 15.9 Å². The van der Waals surface area contributed by atoms with Gasteiger partial charge in [0.05, 0.1) is 9.40 Å². The van der Waals surface area contributed by atoms with Crippen LogP contribution in [0.4, 0.5) is 11.4 Å². The zero-order chi connectivity index (χ0) is 12.3. The monoisotopic (exact) mass is 286 g/mol. The smallest absolute Gasteiger partial charge is 0.285 e. The summed E-state index contributed by atoms with van der Waals surface area (Å²) in [6.45, 7) is 7.08. The summed E-state index contributed by atoms with van der Waals surface area (Å²) < 4.78 is 0.499. The van der Waals surface area contributed by atoms with E-state index in [0.717, 1.165) is 12.2 Å². The lowest BCUT2D eigenvalue weighted by atomic mass is 9.97. The molecule has 0 spiro atoms. The Hall–Kier alpha value is -1.10. The molecule has 0 fully saturated rings. The molecule has 0 aromatic heterocycles. The Bertz CT molecular complexity index is 399. The highest BCUT2D eigenvalue weighted by atomic mass is 79.9. The standard InChI is InChI=1S/C11H15BrN2O2/c1-11(2,3)7-13-8-4-5-9(12)10(6-8)14(15)16/h4-6,13H,7H2,1-3H3. The normalized spacial score (nSPS) is 11.2. The first-order valence-corrected chi connectivity index (χ1v) is 5.77. The van der Waals surface area contributed by atoms with Crippen LogP contribution in [0.5, 0.6) is 0 Å². The molecule has 0 amide bonds. The molecule has 88 valence electrons. The molecule has 0 radical (unpaired) electrons. The maximum Gasteiger partial charge on any atom is 0.285 e. The predicted octanol–water partition coefficient (Wildman–Crippen LogP) is 3.82. The Balaban J connectivity index is 2.83. The molecule has 0 heterocycles. The fraction of sp³-hybridized carbons (Fsp3) is 0.455. The van der Waals surface area contributed by atoms with Gasteiger partial charge in [-0.15, -0.1) is 0 Å². The minimum atomic E-state index is -0.396. The Morgan fingerprint density at radius 1 is 1.44 bits per heavy atom. The number of hydrogen-bond donors (Lipinski definition) is 1. The summed E-state index contributed by atoms with van der Waals surface area (Å²) >= 11 is 3.15. The van der Waals surface area contributed by atoms with Gasteiger partial charge >= 0.3 is 0 Å². The molecule has 1 rings (SSSR count). The minimum absolute atomic E-state index is 0.0823. The molecule has 0 unspecified atom stereocenters. The van der Waals surface area contributed by atoms with Gasteiger partial charge in [0.2, 0.25) is 0 Å². The molecule has 0 aliphatic rings. The average molecular weight is 287 g/mol. The third-order valence-corrected chi connectivity index (χ3v) is 2.64. The third-order valence-electron chi connectivity index (χ3n) is 1.97. The maximum atomic E-state index is 10.7. The second-order valence-corrected chi connectivity index (χ2v) is 5.69. The maximum absolute atomic E-state index is 10.7. The highest BCUT2D eigenvalue weighted by Gasteiger charge is 2.14. The van der Waals surface area contributed by atoms with E-state index in [1.54, 1.807) is 6.07 Å². The molecule has 5 heteroatoms. The Morgan fingerprint density at radius 2 is 2.06 bits per heavy atom. The molecule has 4 nitrogen and oxygen atoms in total. The van der Waals surface area contributed by atoms with Gasteiger partial charge in [-0.3, -0.25) is 10.1 Å². The minimum Gasteiger partial charge on any atom is -0.384 e. The number of nitrogens with zero attached hydrogens (tertiary/aromatic N) is 1. The lowest BCUT2D eigenvalue weighted by Gasteiger charge is -2.19. The number of halogens is 1. The van der Waals surface area contributed by atoms with Crippen molar-refractivity contribution in [2.75, 3.05) is 11.9 Å². The molecule has 0 atom stereocenters. The fourth-order valence-corrected chi connectivity index (χ4v) is 1.52. The van der Waals surface area contributed by atoms with Crippen molar-refractivity contribution in [3.63, 3.8) is 0 Å². The molecule has 1 N–H and O–H groups in total. The summed E-state index contributed by atoms with van der Waals surface area (Å²) in [5.41, 5.74) is 0.991. The van der Waals surface area contributed by atoms with Gasteiger partial charge in [0, 0.05) is 18.3 Å². The Labute approximate surface area is 103 Å². The van der Waals surface area contributed by atoms with Gasteiger partial charge in [-0.25, -0.2) is 0 Å². The van der Waals surface area contributed by atoms with E-state index in [9.17, 15) is 10.1 Å². The lowest BCUT2D eigenvalue weighted by molar-refractivity contribution is -0.385. The number of nitrogens with one attached hydrogen (secondary N) is 1. The van der Waals surface area contributed by atoms with Crippen molar-refractivity contribution in [1.29, 1.82) is 0 Å². The second-order valence-electron chi connectivity index (χ2n) is 4.84. The highest BCUT2D eigenvalue weighted by Crippen LogP contribution is 2.28. The Kier molecular flexibility index (Phi) is 3.91. The topological polar surface area (TPSA) is 55.2 Å². The molecule has 0 bridgehead atoms. The molecule has 0 aliphatic carbocycles. The van der Waals surface area contributed by atoms with E-state index < -0.39 is 4.92 Å². The van der Waals surface area contributed by atoms with Crippen LogP contribution in [0.3, 0.4) is 0 Å². The zero-order valence-electron chi connectivity index (χ0n) is 9.58. The van der Waals surface area contributed by atoms with Crippen molar-refractivity contribution in [3.8, 4) is 0 Å². The van der Waals surface area contributed by atoms with E-state index >= 15 is 0 Å². The molecule has 0 aliphatic heterocycles. The lowest BCUT2D eigenvalue weighted by Crippen LogP contribution is -2.18. The van der Waals surface area contributed by atoms with Crippen molar-refractivity contribution in [3.05, 3.63) is 32.8 Å². The van der Waals surface area contributed by atoms with Crippen LogP contribution in [0, 0.1) is 15.5 Å². The number of rotatable bonds is 3. The largest absolute Gasteiger partial charge is 0.384 e. The van der Waals surface area contributed by atoms with Crippen LogP contribution in [-0.2, 0) is 0 Å². The van der Waals surface area contributed by atoms with Crippen molar-refractivity contribution >= 4 is 27.3 Å². The Morgan fingerprint density at radius 3 is 2.56 bits per heavy atom. The molecule has 0 saturated carbocycles. The van der Waals surface area contributed by atoms with Crippen molar-refractivity contribution < 1.29 is 4.92 Å². The first kappa shape index (κ1) is 13.0. The van der Waals surface area contributed by atoms with Crippen molar-refractivity contribution in [2.45, 2.75) is 20.8 Å². The van der Waals surface area contributed by atoms with E-state index in [4.69, 9.17) is 0 Å². The van der Waals surface area contributed by atoms with Gasteiger partial charge in [0.15, 0.2) is 0 Å².